The summed E-state index contributed by atoms with van der Waals surface area (Å²) in [7, 11) is 0. The van der Waals surface area contributed by atoms with Crippen molar-refractivity contribution in [1.82, 2.24) is 0 Å². The van der Waals surface area contributed by atoms with Crippen LogP contribution in [0.3, 0.4) is 0 Å². The van der Waals surface area contributed by atoms with E-state index in [-0.39, 0.29) is 11.6 Å². The molecule has 0 aliphatic heterocycles. The fraction of sp³-hybridized carbons (Fsp3) is 0. The van der Waals surface area contributed by atoms with Crippen LogP contribution in [-0.4, -0.2) is 5.96 Å². The molecule has 0 unspecified atom stereocenters. The maximum absolute atomic E-state index is 12.5. The number of aliphatic imine (C=N–C) groups is 1. The first-order chi connectivity index (χ1) is 5.58. The van der Waals surface area contributed by atoms with Gasteiger partial charge in [0.1, 0.15) is 11.6 Å². The summed E-state index contributed by atoms with van der Waals surface area (Å²) in [5, 5.41) is 0. The van der Waals surface area contributed by atoms with Gasteiger partial charge in [-0.25, -0.2) is 13.8 Å². The van der Waals surface area contributed by atoms with E-state index in [2.05, 4.69) is 4.99 Å². The third kappa shape index (κ3) is 2.19. The van der Waals surface area contributed by atoms with Crippen LogP contribution in [0, 0.1) is 11.6 Å². The maximum Gasteiger partial charge on any atom is 0.191 e. The minimum atomic E-state index is -0.713. The molecule has 4 N–H and O–H groups in total. The van der Waals surface area contributed by atoms with Gasteiger partial charge in [0.25, 0.3) is 0 Å². The number of hydrogen-bond acceptors (Lipinski definition) is 1. The van der Waals surface area contributed by atoms with E-state index in [1.165, 1.54) is 0 Å². The minimum absolute atomic E-state index is 0.0625. The Balaban J connectivity index is 3.09. The molecule has 12 heavy (non-hydrogen) atoms. The molecule has 3 nitrogen and oxygen atoms in total. The first kappa shape index (κ1) is 8.45. The second-order valence-corrected chi connectivity index (χ2v) is 2.16. The van der Waals surface area contributed by atoms with E-state index in [4.69, 9.17) is 11.5 Å². The fourth-order valence-corrected chi connectivity index (χ4v) is 0.753. The summed E-state index contributed by atoms with van der Waals surface area (Å²) in [5.41, 5.74) is 10.1. The topological polar surface area (TPSA) is 64.4 Å². The molecule has 0 bridgehead atoms. The highest BCUT2D eigenvalue weighted by Crippen LogP contribution is 2.15. The molecule has 0 atom stereocenters. The Labute approximate surface area is 67.7 Å². The summed E-state index contributed by atoms with van der Waals surface area (Å²) >= 11 is 0. The summed E-state index contributed by atoms with van der Waals surface area (Å²) in [5.74, 6) is -1.66. The quantitative estimate of drug-likeness (QED) is 0.486. The van der Waals surface area contributed by atoms with Crippen molar-refractivity contribution in [3.05, 3.63) is 29.8 Å². The van der Waals surface area contributed by atoms with Crippen molar-refractivity contribution in [3.8, 4) is 0 Å². The Morgan fingerprint density at radius 3 is 2.00 bits per heavy atom. The molecule has 0 amide bonds. The molecule has 0 aliphatic rings. The largest absolute Gasteiger partial charge is 0.370 e. The summed E-state index contributed by atoms with van der Waals surface area (Å²) in [6.07, 6.45) is 0. The Kier molecular flexibility index (Phi) is 2.23. The first-order valence-corrected chi connectivity index (χ1v) is 3.13. The Morgan fingerprint density at radius 2 is 1.58 bits per heavy atom. The summed E-state index contributed by atoms with van der Waals surface area (Å²) in [6.45, 7) is 0. The first-order valence-electron chi connectivity index (χ1n) is 3.13. The molecule has 64 valence electrons. The molecule has 0 saturated carbocycles. The molecular weight excluding hydrogens is 164 g/mol. The summed E-state index contributed by atoms with van der Waals surface area (Å²) in [6, 6.07) is 2.80. The molecule has 1 aromatic carbocycles. The average Bonchev–Trinajstić information content (AvgIpc) is 1.81. The minimum Gasteiger partial charge on any atom is -0.370 e. The van der Waals surface area contributed by atoms with Crippen LogP contribution in [0.5, 0.6) is 0 Å². The van der Waals surface area contributed by atoms with Gasteiger partial charge in [0.05, 0.1) is 5.69 Å². The van der Waals surface area contributed by atoms with Gasteiger partial charge in [0.2, 0.25) is 0 Å². The third-order valence-corrected chi connectivity index (χ3v) is 1.11. The number of nitrogens with zero attached hydrogens (tertiary/aromatic N) is 1. The number of benzene rings is 1. The van der Waals surface area contributed by atoms with Gasteiger partial charge >= 0.3 is 0 Å². The molecule has 0 radical (unpaired) electrons. The normalized spacial score (nSPS) is 9.50. The molecule has 0 spiro atoms. The highest BCUT2D eigenvalue weighted by Gasteiger charge is 1.98. The molecule has 0 fully saturated rings. The van der Waals surface area contributed by atoms with Crippen LogP contribution in [0.1, 0.15) is 0 Å². The predicted octanol–water partition coefficient (Wildman–Crippen LogP) is 0.870. The predicted molar refractivity (Wildman–Crippen MR) is 41.8 cm³/mol. The molecular formula is C7H7F2N3. The summed E-state index contributed by atoms with van der Waals surface area (Å²) < 4.78 is 25.0. The smallest absolute Gasteiger partial charge is 0.191 e. The van der Waals surface area contributed by atoms with Crippen molar-refractivity contribution >= 4 is 11.6 Å². The monoisotopic (exact) mass is 171 g/mol. The van der Waals surface area contributed by atoms with Crippen LogP contribution in [0.2, 0.25) is 0 Å². The zero-order valence-corrected chi connectivity index (χ0v) is 6.09. The van der Waals surface area contributed by atoms with Gasteiger partial charge < -0.3 is 11.5 Å². The van der Waals surface area contributed by atoms with Gasteiger partial charge in [-0.1, -0.05) is 0 Å². The van der Waals surface area contributed by atoms with Gasteiger partial charge in [0.15, 0.2) is 5.96 Å². The second kappa shape index (κ2) is 3.17. The van der Waals surface area contributed by atoms with Crippen molar-refractivity contribution in [1.29, 1.82) is 0 Å². The van der Waals surface area contributed by atoms with Crippen LogP contribution >= 0.6 is 0 Å². The Hall–Kier alpha value is -1.65. The number of halogens is 2. The molecule has 1 aromatic rings. The lowest BCUT2D eigenvalue weighted by atomic mass is 10.3. The van der Waals surface area contributed by atoms with Crippen LogP contribution in [0.25, 0.3) is 0 Å². The van der Waals surface area contributed by atoms with Gasteiger partial charge in [0, 0.05) is 6.07 Å². The van der Waals surface area contributed by atoms with Crippen LogP contribution < -0.4 is 11.5 Å². The van der Waals surface area contributed by atoms with Crippen molar-refractivity contribution < 1.29 is 8.78 Å². The van der Waals surface area contributed by atoms with Gasteiger partial charge in [-0.3, -0.25) is 0 Å². The lowest BCUT2D eigenvalue weighted by molar-refractivity contribution is 0.584. The zero-order valence-electron chi connectivity index (χ0n) is 6.09. The van der Waals surface area contributed by atoms with E-state index in [9.17, 15) is 8.78 Å². The molecule has 0 heterocycles. The van der Waals surface area contributed by atoms with Crippen LogP contribution in [0.4, 0.5) is 14.5 Å². The lowest BCUT2D eigenvalue weighted by Crippen LogP contribution is -2.21. The lowest BCUT2D eigenvalue weighted by Gasteiger charge is -1.95. The molecule has 5 heteroatoms. The number of nitrogens with two attached hydrogens (primary N) is 2. The molecule has 0 saturated heterocycles. The third-order valence-electron chi connectivity index (χ3n) is 1.11. The van der Waals surface area contributed by atoms with Crippen LogP contribution in [0.15, 0.2) is 23.2 Å². The fourth-order valence-electron chi connectivity index (χ4n) is 0.753. The number of guanidine groups is 1. The van der Waals surface area contributed by atoms with E-state index in [1.54, 1.807) is 0 Å². The second-order valence-electron chi connectivity index (χ2n) is 2.16. The molecule has 0 aromatic heterocycles. The maximum atomic E-state index is 12.5. The van der Waals surface area contributed by atoms with Crippen molar-refractivity contribution in [3.63, 3.8) is 0 Å². The zero-order chi connectivity index (χ0) is 9.14. The van der Waals surface area contributed by atoms with Gasteiger partial charge in [-0.05, 0) is 12.1 Å². The highest BCUT2D eigenvalue weighted by molar-refractivity contribution is 5.78. The Bertz CT molecular complexity index is 298. The standard InChI is InChI=1S/C7H7F2N3/c8-4-1-5(9)3-6(2-4)12-7(10)11/h1-3H,(H4,10,11,12). The van der Waals surface area contributed by atoms with Crippen LogP contribution in [-0.2, 0) is 0 Å². The molecule has 0 aliphatic carbocycles. The van der Waals surface area contributed by atoms with E-state index in [0.717, 1.165) is 18.2 Å². The highest BCUT2D eigenvalue weighted by atomic mass is 19.1. The average molecular weight is 171 g/mol. The molecule has 1 rings (SSSR count). The van der Waals surface area contributed by atoms with Crippen molar-refractivity contribution in [2.45, 2.75) is 0 Å². The van der Waals surface area contributed by atoms with E-state index >= 15 is 0 Å². The number of hydrogen-bond donors (Lipinski definition) is 2. The summed E-state index contributed by atoms with van der Waals surface area (Å²) in [4.78, 5) is 3.47. The van der Waals surface area contributed by atoms with Gasteiger partial charge in [-0.15, -0.1) is 0 Å². The number of rotatable bonds is 1. The SMILES string of the molecule is NC(N)=Nc1cc(F)cc(F)c1. The van der Waals surface area contributed by atoms with E-state index in [1.807, 2.05) is 0 Å². The Morgan fingerprint density at radius 1 is 1.08 bits per heavy atom. The van der Waals surface area contributed by atoms with E-state index < -0.39 is 11.6 Å². The van der Waals surface area contributed by atoms with E-state index in [0.29, 0.717) is 0 Å². The van der Waals surface area contributed by atoms with Crippen molar-refractivity contribution in [2.24, 2.45) is 16.5 Å². The van der Waals surface area contributed by atoms with Crippen molar-refractivity contribution in [2.75, 3.05) is 0 Å². The van der Waals surface area contributed by atoms with Gasteiger partial charge in [-0.2, -0.15) is 0 Å².